The number of rotatable bonds is 9. The summed E-state index contributed by atoms with van der Waals surface area (Å²) in [5, 5.41) is 19.6. The van der Waals surface area contributed by atoms with E-state index in [0.29, 0.717) is 5.69 Å². The first-order chi connectivity index (χ1) is 10.9. The summed E-state index contributed by atoms with van der Waals surface area (Å²) in [4.78, 5) is 1.39. The van der Waals surface area contributed by atoms with Gasteiger partial charge in [0.25, 0.3) is 20.2 Å². The van der Waals surface area contributed by atoms with E-state index in [4.69, 9.17) is 9.11 Å². The van der Waals surface area contributed by atoms with Gasteiger partial charge < -0.3 is 15.1 Å². The van der Waals surface area contributed by atoms with Crippen LogP contribution in [-0.4, -0.2) is 176 Å². The van der Waals surface area contributed by atoms with Crippen LogP contribution in [-0.2, 0) is 20.2 Å². The van der Waals surface area contributed by atoms with Crippen LogP contribution in [0.1, 0.15) is 5.56 Å². The summed E-state index contributed by atoms with van der Waals surface area (Å²) in [6.07, 6.45) is -2.92. The molecule has 2 atom stereocenters. The normalized spacial score (nSPS) is 13.9. The zero-order valence-electron chi connectivity index (χ0n) is 15.0. The number of hydrogen-bond donors (Lipinski definition) is 4. The van der Waals surface area contributed by atoms with Crippen molar-refractivity contribution >= 4 is 129 Å². The second kappa shape index (κ2) is 13.4. The number of benzene rings is 1. The van der Waals surface area contributed by atoms with Crippen molar-refractivity contribution in [2.75, 3.05) is 29.5 Å². The summed E-state index contributed by atoms with van der Waals surface area (Å²) in [7, 11) is -8.79. The summed E-state index contributed by atoms with van der Waals surface area (Å²) in [5.41, 5.74) is 1.29. The summed E-state index contributed by atoms with van der Waals surface area (Å²) in [5.74, 6) is -1.80. The Bertz CT molecular complexity index is 715. The van der Waals surface area contributed by atoms with Crippen LogP contribution in [0.3, 0.4) is 0 Å². The number of nitrogens with zero attached hydrogens (tertiary/aromatic N) is 1. The Kier molecular flexibility index (Phi) is 15.5. The zero-order chi connectivity index (χ0) is 18.5. The molecular weight excluding hydrogens is 440 g/mol. The molecule has 0 saturated heterocycles. The van der Waals surface area contributed by atoms with Gasteiger partial charge in [-0.3, -0.25) is 9.11 Å². The predicted octanol–water partition coefficient (Wildman–Crippen LogP) is -1.46. The van der Waals surface area contributed by atoms with Crippen molar-refractivity contribution in [3.63, 3.8) is 0 Å². The quantitative estimate of drug-likeness (QED) is 0.255. The van der Waals surface area contributed by atoms with Crippen molar-refractivity contribution in [1.29, 1.82) is 0 Å². The van der Waals surface area contributed by atoms with E-state index in [2.05, 4.69) is 0 Å². The molecule has 2 radical (unpaired) electrons. The van der Waals surface area contributed by atoms with Gasteiger partial charge in [0, 0.05) is 122 Å². The van der Waals surface area contributed by atoms with E-state index in [1.54, 1.807) is 31.2 Å². The van der Waals surface area contributed by atoms with Crippen molar-refractivity contribution in [2.24, 2.45) is 0 Å². The fraction of sp³-hybridized carbons (Fsp3) is 0.538. The van der Waals surface area contributed by atoms with Gasteiger partial charge in [-0.05, 0) is 18.6 Å². The Morgan fingerprint density at radius 1 is 0.885 bits per heavy atom. The SMILES string of the molecule is Cc1ccccc1N(CC(O)CS(=O)(=O)O)CC(O)CS(=O)(=O)O.[K].[K]. The van der Waals surface area contributed by atoms with Crippen LogP contribution in [0.15, 0.2) is 24.3 Å². The van der Waals surface area contributed by atoms with E-state index < -0.39 is 43.9 Å². The van der Waals surface area contributed by atoms with Gasteiger partial charge in [-0.25, -0.2) is 0 Å². The zero-order valence-corrected chi connectivity index (χ0v) is 22.9. The molecule has 2 unspecified atom stereocenters. The Hall–Kier alpha value is 2.03. The first-order valence-electron chi connectivity index (χ1n) is 6.94. The van der Waals surface area contributed by atoms with E-state index in [1.807, 2.05) is 0 Å². The van der Waals surface area contributed by atoms with Gasteiger partial charge in [-0.2, -0.15) is 16.8 Å². The second-order valence-electron chi connectivity index (χ2n) is 5.50. The Balaban J connectivity index is 0. The third kappa shape index (κ3) is 13.3. The maximum Gasteiger partial charge on any atom is 0.267 e. The molecule has 0 aromatic heterocycles. The number of aryl methyl sites for hydroxylation is 1. The molecule has 0 aliphatic carbocycles. The fourth-order valence-corrected chi connectivity index (χ4v) is 3.47. The maximum atomic E-state index is 10.9. The van der Waals surface area contributed by atoms with Gasteiger partial charge in [0.2, 0.25) is 0 Å². The summed E-state index contributed by atoms with van der Waals surface area (Å²) in [6, 6.07) is 6.82. The van der Waals surface area contributed by atoms with Crippen molar-refractivity contribution in [2.45, 2.75) is 19.1 Å². The van der Waals surface area contributed by atoms with Gasteiger partial charge >= 0.3 is 0 Å². The largest absolute Gasteiger partial charge is 0.390 e. The molecule has 0 aliphatic heterocycles. The van der Waals surface area contributed by atoms with E-state index >= 15 is 0 Å². The van der Waals surface area contributed by atoms with Crippen molar-refractivity contribution in [3.8, 4) is 0 Å². The average Bonchev–Trinajstić information content (AvgIpc) is 2.33. The van der Waals surface area contributed by atoms with Crippen LogP contribution < -0.4 is 4.90 Å². The molecule has 0 amide bonds. The number of aliphatic hydroxyl groups excluding tert-OH is 2. The molecule has 1 rings (SSSR count). The Morgan fingerprint density at radius 2 is 1.27 bits per heavy atom. The molecule has 4 N–H and O–H groups in total. The Labute approximate surface area is 238 Å². The van der Waals surface area contributed by atoms with Gasteiger partial charge in [0.1, 0.15) is 11.5 Å². The molecule has 9 nitrogen and oxygen atoms in total. The van der Waals surface area contributed by atoms with Crippen LogP contribution in [0.25, 0.3) is 0 Å². The van der Waals surface area contributed by atoms with Gasteiger partial charge in [-0.15, -0.1) is 0 Å². The minimum atomic E-state index is -4.39. The predicted molar refractivity (Wildman–Crippen MR) is 99.7 cm³/mol. The average molecular weight is 462 g/mol. The topological polar surface area (TPSA) is 152 Å². The van der Waals surface area contributed by atoms with Gasteiger partial charge in [0.05, 0.1) is 12.2 Å². The van der Waals surface area contributed by atoms with Crippen LogP contribution in [0, 0.1) is 6.92 Å². The van der Waals surface area contributed by atoms with Crippen LogP contribution in [0.5, 0.6) is 0 Å². The smallest absolute Gasteiger partial charge is 0.267 e. The van der Waals surface area contributed by atoms with E-state index in [-0.39, 0.29) is 116 Å². The van der Waals surface area contributed by atoms with Crippen LogP contribution in [0.4, 0.5) is 5.69 Å². The monoisotopic (exact) mass is 461 g/mol. The molecule has 26 heavy (non-hydrogen) atoms. The molecule has 0 saturated carbocycles. The molecule has 0 heterocycles. The van der Waals surface area contributed by atoms with E-state index in [0.717, 1.165) is 5.56 Å². The number of anilines is 1. The van der Waals surface area contributed by atoms with Crippen LogP contribution >= 0.6 is 0 Å². The molecule has 1 aromatic rings. The molecule has 140 valence electrons. The van der Waals surface area contributed by atoms with E-state index in [9.17, 15) is 27.0 Å². The Morgan fingerprint density at radius 3 is 1.62 bits per heavy atom. The fourth-order valence-electron chi connectivity index (χ4n) is 2.29. The van der Waals surface area contributed by atoms with Gasteiger partial charge in [0.15, 0.2) is 0 Å². The minimum absolute atomic E-state index is 0. The molecule has 0 bridgehead atoms. The van der Waals surface area contributed by atoms with Crippen molar-refractivity contribution < 1.29 is 36.2 Å². The number of aliphatic hydroxyl groups is 2. The molecular formula is C13H21K2NO8S2. The minimum Gasteiger partial charge on any atom is -0.390 e. The molecule has 0 fully saturated rings. The summed E-state index contributed by atoms with van der Waals surface area (Å²) >= 11 is 0. The standard InChI is InChI=1S/C13H21NO8S2.2K/c1-10-4-2-3-5-13(10)14(6-11(15)8-23(17,18)19)7-12(16)9-24(20,21)22;;/h2-5,11-12,15-16H,6-9H2,1H3,(H,17,18,19)(H,20,21,22);;. The third-order valence-corrected chi connectivity index (χ3v) is 4.74. The number of hydrogen-bond acceptors (Lipinski definition) is 7. The van der Waals surface area contributed by atoms with Crippen LogP contribution in [0.2, 0.25) is 0 Å². The van der Waals surface area contributed by atoms with E-state index in [1.165, 1.54) is 4.90 Å². The number of para-hydroxylation sites is 1. The molecule has 1 aromatic carbocycles. The molecule has 0 spiro atoms. The first kappa shape index (κ1) is 30.2. The summed E-state index contributed by atoms with van der Waals surface area (Å²) < 4.78 is 61.0. The van der Waals surface area contributed by atoms with Gasteiger partial charge in [-0.1, -0.05) is 18.2 Å². The second-order valence-corrected chi connectivity index (χ2v) is 8.49. The van der Waals surface area contributed by atoms with Crippen molar-refractivity contribution in [1.82, 2.24) is 0 Å². The third-order valence-electron chi connectivity index (χ3n) is 3.12. The maximum absolute atomic E-state index is 10.9. The summed E-state index contributed by atoms with van der Waals surface area (Å²) in [6.45, 7) is 1.20. The molecule has 0 aliphatic rings. The molecule has 13 heteroatoms. The van der Waals surface area contributed by atoms with Crippen molar-refractivity contribution in [3.05, 3.63) is 29.8 Å². The first-order valence-corrected chi connectivity index (χ1v) is 10.2.